The van der Waals surface area contributed by atoms with Crippen molar-refractivity contribution in [2.45, 2.75) is 26.8 Å². The Labute approximate surface area is 156 Å². The molecule has 2 aromatic rings. The van der Waals surface area contributed by atoms with Crippen molar-refractivity contribution in [2.24, 2.45) is 0 Å². The number of hydrogen-bond donors (Lipinski definition) is 1. The van der Waals surface area contributed by atoms with Gasteiger partial charge in [-0.1, -0.05) is 47.0 Å². The highest BCUT2D eigenvalue weighted by molar-refractivity contribution is 5.94. The van der Waals surface area contributed by atoms with E-state index in [4.69, 9.17) is 4.74 Å². The summed E-state index contributed by atoms with van der Waals surface area (Å²) in [5, 5.41) is 3.25. The molecule has 0 spiro atoms. The zero-order valence-corrected chi connectivity index (χ0v) is 15.9. The molecule has 4 nitrogen and oxygen atoms in total. The molecule has 1 heterocycles. The van der Waals surface area contributed by atoms with Crippen molar-refractivity contribution >= 4 is 5.91 Å². The fourth-order valence-corrected chi connectivity index (χ4v) is 3.42. The van der Waals surface area contributed by atoms with Crippen molar-refractivity contribution < 1.29 is 9.53 Å². The number of nitrogens with one attached hydrogen (secondary N) is 1. The molecule has 26 heavy (non-hydrogen) atoms. The average Bonchev–Trinajstić information content (AvgIpc) is 2.62. The molecule has 0 radical (unpaired) electrons. The molecule has 1 saturated heterocycles. The average molecular weight is 352 g/mol. The van der Waals surface area contributed by atoms with Gasteiger partial charge < -0.3 is 10.1 Å². The van der Waals surface area contributed by atoms with Gasteiger partial charge in [0.1, 0.15) is 0 Å². The van der Waals surface area contributed by atoms with Crippen LogP contribution in [-0.4, -0.2) is 43.7 Å². The number of morpholine rings is 1. The fourth-order valence-electron chi connectivity index (χ4n) is 3.42. The van der Waals surface area contributed by atoms with E-state index in [1.165, 1.54) is 5.56 Å². The zero-order chi connectivity index (χ0) is 18.5. The summed E-state index contributed by atoms with van der Waals surface area (Å²) in [4.78, 5) is 15.2. The van der Waals surface area contributed by atoms with Crippen LogP contribution >= 0.6 is 0 Å². The van der Waals surface area contributed by atoms with Gasteiger partial charge in [0.25, 0.3) is 5.91 Å². The first-order valence-electron chi connectivity index (χ1n) is 9.27. The summed E-state index contributed by atoms with van der Waals surface area (Å²) >= 11 is 0. The highest BCUT2D eigenvalue weighted by atomic mass is 16.5. The lowest BCUT2D eigenvalue weighted by Crippen LogP contribution is -2.43. The van der Waals surface area contributed by atoms with Crippen LogP contribution in [0.5, 0.6) is 0 Å². The summed E-state index contributed by atoms with van der Waals surface area (Å²) in [6, 6.07) is 14.4. The molecule has 0 aromatic heterocycles. The summed E-state index contributed by atoms with van der Waals surface area (Å²) in [5.74, 6) is -0.0179. The van der Waals surface area contributed by atoms with Crippen molar-refractivity contribution in [2.75, 3.05) is 32.8 Å². The number of aryl methyl sites for hydroxylation is 3. The van der Waals surface area contributed by atoms with E-state index in [1.54, 1.807) is 0 Å². The van der Waals surface area contributed by atoms with Gasteiger partial charge in [-0.05, 0) is 38.5 Å². The number of amides is 1. The number of nitrogens with zero attached hydrogens (tertiary/aromatic N) is 1. The minimum atomic E-state index is -0.0398. The number of carbonyl (C=O) groups is 1. The first-order chi connectivity index (χ1) is 12.5. The molecule has 0 aliphatic carbocycles. The molecule has 0 unspecified atom stereocenters. The standard InChI is InChI=1S/C22H28N2O2/c1-16-4-6-19(7-5-16)21(15-24-8-10-26-11-9-24)23-22(25)20-13-17(2)12-18(3)14-20/h4-7,12-14,21H,8-11,15H2,1-3H3,(H,23,25)/t21-/m0/s1. The van der Waals surface area contributed by atoms with Gasteiger partial charge in [0.2, 0.25) is 0 Å². The van der Waals surface area contributed by atoms with E-state index in [2.05, 4.69) is 47.5 Å². The van der Waals surface area contributed by atoms with E-state index in [-0.39, 0.29) is 11.9 Å². The van der Waals surface area contributed by atoms with Crippen LogP contribution < -0.4 is 5.32 Å². The van der Waals surface area contributed by atoms with Crippen LogP contribution in [0.1, 0.15) is 38.7 Å². The van der Waals surface area contributed by atoms with Crippen LogP contribution in [0, 0.1) is 20.8 Å². The maximum Gasteiger partial charge on any atom is 0.251 e. The Bertz CT molecular complexity index is 729. The lowest BCUT2D eigenvalue weighted by molar-refractivity contribution is 0.0332. The minimum Gasteiger partial charge on any atom is -0.379 e. The largest absolute Gasteiger partial charge is 0.379 e. The maximum absolute atomic E-state index is 12.9. The third-order valence-electron chi connectivity index (χ3n) is 4.81. The number of benzene rings is 2. The van der Waals surface area contributed by atoms with E-state index in [1.807, 2.05) is 26.0 Å². The Morgan fingerprint density at radius 3 is 2.23 bits per heavy atom. The number of hydrogen-bond acceptors (Lipinski definition) is 3. The molecule has 1 fully saturated rings. The molecular weight excluding hydrogens is 324 g/mol. The Balaban J connectivity index is 1.79. The Kier molecular flexibility index (Phi) is 6.07. The predicted molar refractivity (Wildman–Crippen MR) is 105 cm³/mol. The van der Waals surface area contributed by atoms with E-state index in [9.17, 15) is 4.79 Å². The third kappa shape index (κ3) is 4.93. The van der Waals surface area contributed by atoms with Gasteiger partial charge in [0.05, 0.1) is 19.3 Å². The molecule has 1 aliphatic rings. The van der Waals surface area contributed by atoms with Crippen LogP contribution in [0.4, 0.5) is 0 Å². The van der Waals surface area contributed by atoms with Crippen molar-refractivity contribution in [3.8, 4) is 0 Å². The van der Waals surface area contributed by atoms with E-state index >= 15 is 0 Å². The van der Waals surface area contributed by atoms with Gasteiger partial charge in [-0.15, -0.1) is 0 Å². The molecule has 1 aliphatic heterocycles. The van der Waals surface area contributed by atoms with Gasteiger partial charge in [-0.2, -0.15) is 0 Å². The summed E-state index contributed by atoms with van der Waals surface area (Å²) in [6.07, 6.45) is 0. The summed E-state index contributed by atoms with van der Waals surface area (Å²) < 4.78 is 5.45. The smallest absolute Gasteiger partial charge is 0.251 e. The van der Waals surface area contributed by atoms with Gasteiger partial charge in [0, 0.05) is 25.2 Å². The Hall–Kier alpha value is -2.17. The SMILES string of the molecule is Cc1ccc([C@H](CN2CCOCC2)NC(=O)c2cc(C)cc(C)c2)cc1. The second-order valence-electron chi connectivity index (χ2n) is 7.23. The van der Waals surface area contributed by atoms with Crippen LogP contribution in [0.15, 0.2) is 42.5 Å². The number of ether oxygens (including phenoxy) is 1. The minimum absolute atomic E-state index is 0.0179. The monoisotopic (exact) mass is 352 g/mol. The molecular formula is C22H28N2O2. The number of carbonyl (C=O) groups excluding carboxylic acids is 1. The Morgan fingerprint density at radius 2 is 1.62 bits per heavy atom. The van der Waals surface area contributed by atoms with Crippen LogP contribution in [-0.2, 0) is 4.74 Å². The van der Waals surface area contributed by atoms with E-state index in [0.29, 0.717) is 0 Å². The van der Waals surface area contributed by atoms with E-state index < -0.39 is 0 Å². The molecule has 0 saturated carbocycles. The quantitative estimate of drug-likeness (QED) is 0.896. The van der Waals surface area contributed by atoms with Crippen LogP contribution in [0.2, 0.25) is 0 Å². The molecule has 1 atom stereocenters. The topological polar surface area (TPSA) is 41.6 Å². The van der Waals surface area contributed by atoms with Gasteiger partial charge in [0.15, 0.2) is 0 Å². The summed E-state index contributed by atoms with van der Waals surface area (Å²) in [6.45, 7) is 10.2. The first-order valence-corrected chi connectivity index (χ1v) is 9.27. The lowest BCUT2D eigenvalue weighted by atomic mass is 10.0. The van der Waals surface area contributed by atoms with Crippen LogP contribution in [0.3, 0.4) is 0 Å². The molecule has 1 amide bonds. The van der Waals surface area contributed by atoms with Crippen molar-refractivity contribution in [3.63, 3.8) is 0 Å². The zero-order valence-electron chi connectivity index (χ0n) is 15.9. The Morgan fingerprint density at radius 1 is 1.00 bits per heavy atom. The molecule has 4 heteroatoms. The van der Waals surface area contributed by atoms with Crippen molar-refractivity contribution in [3.05, 3.63) is 70.3 Å². The number of rotatable bonds is 5. The molecule has 3 rings (SSSR count). The second-order valence-corrected chi connectivity index (χ2v) is 7.23. The van der Waals surface area contributed by atoms with E-state index in [0.717, 1.165) is 55.1 Å². The predicted octanol–water partition coefficient (Wildman–Crippen LogP) is 3.42. The maximum atomic E-state index is 12.9. The molecule has 138 valence electrons. The molecule has 0 bridgehead atoms. The van der Waals surface area contributed by atoms with Gasteiger partial charge >= 0.3 is 0 Å². The summed E-state index contributed by atoms with van der Waals surface area (Å²) in [5.41, 5.74) is 5.30. The van der Waals surface area contributed by atoms with Gasteiger partial charge in [-0.3, -0.25) is 9.69 Å². The van der Waals surface area contributed by atoms with Crippen LogP contribution in [0.25, 0.3) is 0 Å². The van der Waals surface area contributed by atoms with Gasteiger partial charge in [-0.25, -0.2) is 0 Å². The van der Waals surface area contributed by atoms with Crippen molar-refractivity contribution in [1.29, 1.82) is 0 Å². The highest BCUT2D eigenvalue weighted by Gasteiger charge is 2.21. The lowest BCUT2D eigenvalue weighted by Gasteiger charge is -2.31. The molecule has 2 aromatic carbocycles. The normalized spacial score (nSPS) is 16.3. The third-order valence-corrected chi connectivity index (χ3v) is 4.81. The highest BCUT2D eigenvalue weighted by Crippen LogP contribution is 2.18. The second kappa shape index (κ2) is 8.47. The molecule has 1 N–H and O–H groups in total. The fraction of sp³-hybridized carbons (Fsp3) is 0.409. The first kappa shape index (κ1) is 18.6. The van der Waals surface area contributed by atoms with Crippen molar-refractivity contribution in [1.82, 2.24) is 10.2 Å². The summed E-state index contributed by atoms with van der Waals surface area (Å²) in [7, 11) is 0.